The van der Waals surface area contributed by atoms with Crippen molar-refractivity contribution in [2.24, 2.45) is 0 Å². The highest BCUT2D eigenvalue weighted by molar-refractivity contribution is 7.99. The Kier molecular flexibility index (Phi) is 6.57. The van der Waals surface area contributed by atoms with Crippen molar-refractivity contribution in [2.75, 3.05) is 12.8 Å². The average molecular weight is 422 g/mol. The molecule has 0 fully saturated rings. The highest BCUT2D eigenvalue weighted by Gasteiger charge is 2.15. The molecule has 2 aromatic heterocycles. The maximum absolute atomic E-state index is 12.8. The molecule has 142 valence electrons. The minimum absolute atomic E-state index is 0.0185. The smallest absolute Gasteiger partial charge is 0.262 e. The Labute approximate surface area is 171 Å². The van der Waals surface area contributed by atoms with Gasteiger partial charge in [-0.25, -0.2) is 4.98 Å². The Hall–Kier alpha value is -1.83. The molecule has 0 aliphatic rings. The fourth-order valence-electron chi connectivity index (χ4n) is 2.67. The number of nitrogens with zero attached hydrogens (tertiary/aromatic N) is 3. The number of halogens is 1. The number of thioether (sulfide) groups is 1. The first-order chi connectivity index (χ1) is 13.0. The van der Waals surface area contributed by atoms with Gasteiger partial charge in [0.25, 0.3) is 5.56 Å². The van der Waals surface area contributed by atoms with E-state index >= 15 is 0 Å². The van der Waals surface area contributed by atoms with E-state index in [9.17, 15) is 9.59 Å². The van der Waals surface area contributed by atoms with Gasteiger partial charge >= 0.3 is 0 Å². The van der Waals surface area contributed by atoms with E-state index in [0.717, 1.165) is 11.3 Å². The van der Waals surface area contributed by atoms with Crippen molar-refractivity contribution in [1.29, 1.82) is 0 Å². The van der Waals surface area contributed by atoms with E-state index < -0.39 is 0 Å². The lowest BCUT2D eigenvalue weighted by Crippen LogP contribution is -2.28. The molecule has 3 aromatic rings. The summed E-state index contributed by atoms with van der Waals surface area (Å²) in [5.74, 6) is 0.208. The second kappa shape index (κ2) is 8.91. The number of aromatic nitrogens is 2. The van der Waals surface area contributed by atoms with E-state index in [1.807, 2.05) is 37.3 Å². The summed E-state index contributed by atoms with van der Waals surface area (Å²) >= 11 is 8.72. The van der Waals surface area contributed by atoms with E-state index in [-0.39, 0.29) is 17.2 Å². The quantitative estimate of drug-likeness (QED) is 0.422. The zero-order valence-corrected chi connectivity index (χ0v) is 17.5. The molecule has 0 saturated carbocycles. The Morgan fingerprint density at radius 2 is 2.07 bits per heavy atom. The molecular weight excluding hydrogens is 402 g/mol. The summed E-state index contributed by atoms with van der Waals surface area (Å²) in [6.07, 6.45) is 0.820. The Balaban J connectivity index is 1.76. The number of hydrogen-bond acceptors (Lipinski definition) is 5. The summed E-state index contributed by atoms with van der Waals surface area (Å²) in [6.45, 7) is 3.11. The van der Waals surface area contributed by atoms with Crippen LogP contribution in [-0.2, 0) is 17.9 Å². The predicted molar refractivity (Wildman–Crippen MR) is 113 cm³/mol. The van der Waals surface area contributed by atoms with Crippen LogP contribution in [0.15, 0.2) is 46.3 Å². The van der Waals surface area contributed by atoms with Crippen molar-refractivity contribution < 1.29 is 4.79 Å². The number of amides is 1. The molecule has 0 aliphatic heterocycles. The molecule has 0 atom stereocenters. The van der Waals surface area contributed by atoms with Crippen LogP contribution in [0.5, 0.6) is 0 Å². The standard InChI is InChI=1S/C19H20ClN3O2S2/c1-3-10-23-18(25)14-6-4-5-7-15(14)21-19(23)26-12-17(24)22(2)11-13-8-9-16(20)27-13/h4-9H,3,10-12H2,1-2H3. The number of para-hydroxylation sites is 1. The zero-order chi connectivity index (χ0) is 19.4. The van der Waals surface area contributed by atoms with Crippen molar-refractivity contribution in [3.05, 3.63) is 56.0 Å². The molecule has 0 aliphatic carbocycles. The van der Waals surface area contributed by atoms with Crippen molar-refractivity contribution in [3.8, 4) is 0 Å². The molecule has 2 heterocycles. The molecule has 1 aromatic carbocycles. The number of carbonyl (C=O) groups is 1. The third-order valence-corrected chi connectivity index (χ3v) is 6.22. The second-order valence-electron chi connectivity index (χ2n) is 6.11. The number of rotatable bonds is 7. The number of fused-ring (bicyclic) bond motifs is 1. The van der Waals surface area contributed by atoms with Crippen molar-refractivity contribution in [1.82, 2.24) is 14.5 Å². The van der Waals surface area contributed by atoms with Gasteiger partial charge in [0.2, 0.25) is 5.91 Å². The molecule has 0 saturated heterocycles. The molecule has 0 radical (unpaired) electrons. The zero-order valence-electron chi connectivity index (χ0n) is 15.1. The van der Waals surface area contributed by atoms with Gasteiger partial charge in [-0.2, -0.15) is 0 Å². The lowest BCUT2D eigenvalue weighted by atomic mass is 10.2. The molecule has 0 unspecified atom stereocenters. The Morgan fingerprint density at radius 3 is 2.78 bits per heavy atom. The molecule has 3 rings (SSSR count). The highest BCUT2D eigenvalue weighted by atomic mass is 35.5. The van der Waals surface area contributed by atoms with Crippen LogP contribution in [0.1, 0.15) is 18.2 Å². The van der Waals surface area contributed by atoms with E-state index in [1.54, 1.807) is 22.6 Å². The fourth-order valence-corrected chi connectivity index (χ4v) is 4.78. The van der Waals surface area contributed by atoms with E-state index in [1.165, 1.54) is 23.1 Å². The predicted octanol–water partition coefficient (Wildman–Crippen LogP) is 4.27. The van der Waals surface area contributed by atoms with Crippen molar-refractivity contribution in [3.63, 3.8) is 0 Å². The van der Waals surface area contributed by atoms with Crippen LogP contribution in [0.4, 0.5) is 0 Å². The molecular formula is C19H20ClN3O2S2. The van der Waals surface area contributed by atoms with E-state index in [0.29, 0.717) is 33.5 Å². The lowest BCUT2D eigenvalue weighted by Gasteiger charge is -2.17. The fraction of sp³-hybridized carbons (Fsp3) is 0.316. The Bertz CT molecular complexity index is 1020. The topological polar surface area (TPSA) is 55.2 Å². The van der Waals surface area contributed by atoms with Crippen LogP contribution in [-0.4, -0.2) is 33.2 Å². The molecule has 0 N–H and O–H groups in total. The monoisotopic (exact) mass is 421 g/mol. The van der Waals surface area contributed by atoms with E-state index in [4.69, 9.17) is 11.6 Å². The molecule has 0 spiro atoms. The molecule has 1 amide bonds. The minimum atomic E-state index is -0.0565. The van der Waals surface area contributed by atoms with Gasteiger partial charge in [0.15, 0.2) is 5.16 Å². The van der Waals surface area contributed by atoms with Gasteiger partial charge in [-0.3, -0.25) is 14.2 Å². The third-order valence-electron chi connectivity index (χ3n) is 4.05. The normalized spacial score (nSPS) is 11.1. The van der Waals surface area contributed by atoms with Gasteiger partial charge in [-0.1, -0.05) is 42.4 Å². The van der Waals surface area contributed by atoms with Gasteiger partial charge in [0.05, 0.1) is 27.5 Å². The molecule has 0 bridgehead atoms. The lowest BCUT2D eigenvalue weighted by molar-refractivity contribution is -0.127. The third kappa shape index (κ3) is 4.72. The van der Waals surface area contributed by atoms with Gasteiger partial charge in [0, 0.05) is 18.5 Å². The largest absolute Gasteiger partial charge is 0.340 e. The van der Waals surface area contributed by atoms with Crippen LogP contribution in [0.2, 0.25) is 4.34 Å². The number of thiophene rings is 1. The van der Waals surface area contributed by atoms with Crippen molar-refractivity contribution >= 4 is 51.5 Å². The van der Waals surface area contributed by atoms with Gasteiger partial charge in [0.1, 0.15) is 0 Å². The minimum Gasteiger partial charge on any atom is -0.340 e. The first-order valence-electron chi connectivity index (χ1n) is 8.60. The van der Waals surface area contributed by atoms with E-state index in [2.05, 4.69) is 4.98 Å². The maximum atomic E-state index is 12.8. The number of hydrogen-bond donors (Lipinski definition) is 0. The molecule has 5 nitrogen and oxygen atoms in total. The van der Waals surface area contributed by atoms with Gasteiger partial charge in [-0.15, -0.1) is 11.3 Å². The highest BCUT2D eigenvalue weighted by Crippen LogP contribution is 2.23. The maximum Gasteiger partial charge on any atom is 0.262 e. The summed E-state index contributed by atoms with van der Waals surface area (Å²) in [4.78, 5) is 32.6. The average Bonchev–Trinajstić information content (AvgIpc) is 3.07. The molecule has 27 heavy (non-hydrogen) atoms. The summed E-state index contributed by atoms with van der Waals surface area (Å²) in [7, 11) is 1.77. The summed E-state index contributed by atoms with van der Waals surface area (Å²) in [6, 6.07) is 11.1. The van der Waals surface area contributed by atoms with Crippen LogP contribution < -0.4 is 5.56 Å². The molecule has 8 heteroatoms. The SMILES string of the molecule is CCCn1c(SCC(=O)N(C)Cc2ccc(Cl)s2)nc2ccccc2c1=O. The van der Waals surface area contributed by atoms with Crippen LogP contribution in [0, 0.1) is 0 Å². The summed E-state index contributed by atoms with van der Waals surface area (Å²) in [5.41, 5.74) is 0.602. The Morgan fingerprint density at radius 1 is 1.30 bits per heavy atom. The second-order valence-corrected chi connectivity index (χ2v) is 8.85. The summed E-state index contributed by atoms with van der Waals surface area (Å²) < 4.78 is 2.38. The number of benzene rings is 1. The first-order valence-corrected chi connectivity index (χ1v) is 10.8. The summed E-state index contributed by atoms with van der Waals surface area (Å²) in [5, 5.41) is 1.19. The van der Waals surface area contributed by atoms with Crippen LogP contribution in [0.25, 0.3) is 10.9 Å². The first kappa shape index (κ1) is 19.9. The number of carbonyl (C=O) groups excluding carboxylic acids is 1. The van der Waals surface area contributed by atoms with Crippen LogP contribution >= 0.6 is 34.7 Å². The van der Waals surface area contributed by atoms with Crippen LogP contribution in [0.3, 0.4) is 0 Å². The van der Waals surface area contributed by atoms with Gasteiger partial charge < -0.3 is 4.90 Å². The van der Waals surface area contributed by atoms with Crippen molar-refractivity contribution in [2.45, 2.75) is 31.6 Å². The van der Waals surface area contributed by atoms with Gasteiger partial charge in [-0.05, 0) is 30.7 Å².